The molecular formula is C17H19BrN2S2. The van der Waals surface area contributed by atoms with Gasteiger partial charge in [0.2, 0.25) is 0 Å². The van der Waals surface area contributed by atoms with Gasteiger partial charge in [0.25, 0.3) is 0 Å². The van der Waals surface area contributed by atoms with Crippen molar-refractivity contribution in [2.24, 2.45) is 5.92 Å². The average molecular weight is 395 g/mol. The van der Waals surface area contributed by atoms with Gasteiger partial charge in [0, 0.05) is 14.9 Å². The second-order valence-corrected chi connectivity index (χ2v) is 8.08. The Bertz CT molecular complexity index is 763. The van der Waals surface area contributed by atoms with E-state index in [1.54, 1.807) is 0 Å². The van der Waals surface area contributed by atoms with E-state index in [0.717, 1.165) is 27.8 Å². The highest BCUT2D eigenvalue weighted by Gasteiger charge is 2.16. The molecule has 0 radical (unpaired) electrons. The summed E-state index contributed by atoms with van der Waals surface area (Å²) in [5.74, 6) is 0.729. The molecule has 1 unspecified atom stereocenters. The maximum Gasteiger partial charge on any atom is 0.119 e. The van der Waals surface area contributed by atoms with E-state index in [1.165, 1.54) is 47.0 Å². The van der Waals surface area contributed by atoms with Crippen molar-refractivity contribution in [1.82, 2.24) is 8.75 Å². The van der Waals surface area contributed by atoms with Gasteiger partial charge in [-0.3, -0.25) is 0 Å². The fraction of sp³-hybridized carbons (Fsp3) is 0.412. The van der Waals surface area contributed by atoms with E-state index >= 15 is 0 Å². The summed E-state index contributed by atoms with van der Waals surface area (Å²) in [7, 11) is 0. The molecule has 0 aliphatic heterocycles. The van der Waals surface area contributed by atoms with E-state index in [4.69, 9.17) is 0 Å². The molecule has 0 bridgehead atoms. The molecule has 1 atom stereocenters. The lowest BCUT2D eigenvalue weighted by molar-refractivity contribution is 0.504. The highest BCUT2D eigenvalue weighted by atomic mass is 79.9. The summed E-state index contributed by atoms with van der Waals surface area (Å²) in [6.45, 7) is 4.62. The van der Waals surface area contributed by atoms with Crippen LogP contribution in [-0.4, -0.2) is 8.75 Å². The molecule has 5 heteroatoms. The van der Waals surface area contributed by atoms with Crippen LogP contribution in [0.2, 0.25) is 0 Å². The van der Waals surface area contributed by atoms with E-state index in [-0.39, 0.29) is 0 Å². The van der Waals surface area contributed by atoms with Gasteiger partial charge >= 0.3 is 0 Å². The minimum absolute atomic E-state index is 0.729. The number of hydrogen-bond acceptors (Lipinski definition) is 4. The van der Waals surface area contributed by atoms with Crippen molar-refractivity contribution in [2.75, 3.05) is 0 Å². The molecule has 0 fully saturated rings. The summed E-state index contributed by atoms with van der Waals surface area (Å²) in [6, 6.07) is 6.53. The van der Waals surface area contributed by atoms with Crippen molar-refractivity contribution in [2.45, 2.75) is 39.5 Å². The molecule has 22 heavy (non-hydrogen) atoms. The van der Waals surface area contributed by atoms with Crippen molar-refractivity contribution in [3.63, 3.8) is 0 Å². The van der Waals surface area contributed by atoms with Gasteiger partial charge in [0.05, 0.1) is 11.7 Å². The predicted octanol–water partition coefficient (Wildman–Crippen LogP) is 6.55. The zero-order valence-electron chi connectivity index (χ0n) is 12.8. The zero-order chi connectivity index (χ0) is 15.5. The lowest BCUT2D eigenvalue weighted by Gasteiger charge is -2.12. The number of benzene rings is 1. The van der Waals surface area contributed by atoms with Crippen LogP contribution in [0, 0.1) is 5.92 Å². The third-order valence-electron chi connectivity index (χ3n) is 3.98. The molecule has 2 heterocycles. The fourth-order valence-corrected chi connectivity index (χ4v) is 4.84. The Labute approximate surface area is 148 Å². The molecule has 3 aromatic rings. The van der Waals surface area contributed by atoms with Crippen LogP contribution in [0.15, 0.2) is 28.1 Å². The minimum Gasteiger partial charge on any atom is -0.172 e. The van der Waals surface area contributed by atoms with Crippen LogP contribution in [0.1, 0.15) is 38.7 Å². The third kappa shape index (κ3) is 3.26. The Hall–Kier alpha value is -0.780. The van der Waals surface area contributed by atoms with Gasteiger partial charge in [-0.2, -0.15) is 8.75 Å². The molecule has 0 aliphatic carbocycles. The standard InChI is InChI=1S/C17H19BrN2S2/c1-3-4-5-11(2)10-12-8-9-21-17(12)13-6-7-14(18)16-15(13)19-22-20-16/h6-9,11H,3-5,10H2,1-2H3. The number of unbranched alkanes of at least 4 members (excludes halogenated alkanes) is 1. The minimum atomic E-state index is 0.729. The molecule has 1 aromatic carbocycles. The monoisotopic (exact) mass is 394 g/mol. The van der Waals surface area contributed by atoms with Crippen LogP contribution in [0.3, 0.4) is 0 Å². The second kappa shape index (κ2) is 7.20. The Morgan fingerprint density at radius 3 is 2.82 bits per heavy atom. The number of thiophene rings is 1. The normalized spacial score (nSPS) is 12.9. The number of fused-ring (bicyclic) bond motifs is 1. The molecule has 116 valence electrons. The van der Waals surface area contributed by atoms with Crippen molar-refractivity contribution in [3.05, 3.63) is 33.6 Å². The van der Waals surface area contributed by atoms with Gasteiger partial charge in [0.15, 0.2) is 0 Å². The highest BCUT2D eigenvalue weighted by Crippen LogP contribution is 2.37. The van der Waals surface area contributed by atoms with E-state index in [2.05, 4.69) is 62.1 Å². The zero-order valence-corrected chi connectivity index (χ0v) is 16.0. The van der Waals surface area contributed by atoms with Gasteiger partial charge in [-0.05, 0) is 51.3 Å². The van der Waals surface area contributed by atoms with Crippen LogP contribution in [-0.2, 0) is 6.42 Å². The molecule has 0 spiro atoms. The van der Waals surface area contributed by atoms with Crippen molar-refractivity contribution in [1.29, 1.82) is 0 Å². The van der Waals surface area contributed by atoms with Crippen LogP contribution in [0.5, 0.6) is 0 Å². The first-order valence-electron chi connectivity index (χ1n) is 7.68. The molecule has 0 amide bonds. The van der Waals surface area contributed by atoms with Crippen LogP contribution < -0.4 is 0 Å². The summed E-state index contributed by atoms with van der Waals surface area (Å²) in [5.41, 5.74) is 4.66. The Morgan fingerprint density at radius 1 is 1.18 bits per heavy atom. The Kier molecular flexibility index (Phi) is 5.26. The van der Waals surface area contributed by atoms with Crippen molar-refractivity contribution in [3.8, 4) is 10.4 Å². The van der Waals surface area contributed by atoms with Crippen molar-refractivity contribution < 1.29 is 0 Å². The van der Waals surface area contributed by atoms with Gasteiger partial charge in [-0.25, -0.2) is 0 Å². The highest BCUT2D eigenvalue weighted by molar-refractivity contribution is 9.10. The molecule has 0 saturated carbocycles. The van der Waals surface area contributed by atoms with Crippen LogP contribution in [0.4, 0.5) is 0 Å². The number of rotatable bonds is 6. The quantitative estimate of drug-likeness (QED) is 0.473. The first kappa shape index (κ1) is 16.1. The largest absolute Gasteiger partial charge is 0.172 e. The molecule has 0 saturated heterocycles. The summed E-state index contributed by atoms with van der Waals surface area (Å²) >= 11 is 6.67. The summed E-state index contributed by atoms with van der Waals surface area (Å²) < 4.78 is 9.94. The molecule has 2 nitrogen and oxygen atoms in total. The molecule has 0 N–H and O–H groups in total. The van der Waals surface area contributed by atoms with Gasteiger partial charge in [-0.15, -0.1) is 11.3 Å². The maximum atomic E-state index is 4.51. The summed E-state index contributed by atoms with van der Waals surface area (Å²) in [4.78, 5) is 1.36. The van der Waals surface area contributed by atoms with Gasteiger partial charge in [-0.1, -0.05) is 39.2 Å². The molecule has 2 aromatic heterocycles. The number of nitrogens with zero attached hydrogens (tertiary/aromatic N) is 2. The SMILES string of the molecule is CCCCC(C)Cc1ccsc1-c1ccc(Br)c2nsnc12. The van der Waals surface area contributed by atoms with E-state index < -0.39 is 0 Å². The number of hydrogen-bond donors (Lipinski definition) is 0. The predicted molar refractivity (Wildman–Crippen MR) is 101 cm³/mol. The fourth-order valence-electron chi connectivity index (χ4n) is 2.78. The van der Waals surface area contributed by atoms with Crippen molar-refractivity contribution >= 4 is 50.0 Å². The maximum absolute atomic E-state index is 4.51. The molecular weight excluding hydrogens is 376 g/mol. The van der Waals surface area contributed by atoms with Gasteiger partial charge < -0.3 is 0 Å². The first-order valence-corrected chi connectivity index (χ1v) is 10.1. The first-order chi connectivity index (χ1) is 10.7. The average Bonchev–Trinajstić information content (AvgIpc) is 3.15. The third-order valence-corrected chi connectivity index (χ3v) is 6.13. The van der Waals surface area contributed by atoms with E-state index in [9.17, 15) is 0 Å². The molecule has 0 aliphatic rings. The Balaban J connectivity index is 1.94. The summed E-state index contributed by atoms with van der Waals surface area (Å²) in [5, 5.41) is 2.20. The smallest absolute Gasteiger partial charge is 0.119 e. The van der Waals surface area contributed by atoms with E-state index in [1.807, 2.05) is 11.3 Å². The van der Waals surface area contributed by atoms with Gasteiger partial charge in [0.1, 0.15) is 11.0 Å². The van der Waals surface area contributed by atoms with Crippen LogP contribution >= 0.6 is 39.0 Å². The molecule has 3 rings (SSSR count). The van der Waals surface area contributed by atoms with E-state index in [0.29, 0.717) is 0 Å². The Morgan fingerprint density at radius 2 is 2.00 bits per heavy atom. The van der Waals surface area contributed by atoms with Crippen LogP contribution in [0.25, 0.3) is 21.5 Å². The lowest BCUT2D eigenvalue weighted by Crippen LogP contribution is -1.99. The number of aromatic nitrogens is 2. The summed E-state index contributed by atoms with van der Waals surface area (Å²) in [6.07, 6.45) is 5.05. The number of halogens is 1. The lowest BCUT2D eigenvalue weighted by atomic mass is 9.95. The second-order valence-electron chi connectivity index (χ2n) is 5.78. The topological polar surface area (TPSA) is 25.8 Å².